The van der Waals surface area contributed by atoms with E-state index in [1.165, 1.54) is 0 Å². The molecule has 0 unspecified atom stereocenters. The molecule has 68 valence electrons. The molecule has 1 aromatic rings. The first-order valence-corrected chi connectivity index (χ1v) is 3.97. The van der Waals surface area contributed by atoms with Gasteiger partial charge in [-0.05, 0) is 6.07 Å². The van der Waals surface area contributed by atoms with E-state index in [1.54, 1.807) is 13.2 Å². The lowest BCUT2D eigenvalue weighted by Gasteiger charge is -2.05. The third kappa shape index (κ3) is 1.07. The first kappa shape index (κ1) is 8.07. The highest BCUT2D eigenvalue weighted by molar-refractivity contribution is 6.03. The highest BCUT2D eigenvalue weighted by Gasteiger charge is 2.29. The van der Waals surface area contributed by atoms with E-state index < -0.39 is 6.04 Å². The van der Waals surface area contributed by atoms with Crippen molar-refractivity contribution >= 4 is 11.6 Å². The van der Waals surface area contributed by atoms with Gasteiger partial charge in [0, 0.05) is 5.56 Å². The van der Waals surface area contributed by atoms with Gasteiger partial charge in [-0.1, -0.05) is 12.1 Å². The van der Waals surface area contributed by atoms with E-state index in [2.05, 4.69) is 5.32 Å². The van der Waals surface area contributed by atoms with Gasteiger partial charge in [0.15, 0.2) is 0 Å². The summed E-state index contributed by atoms with van der Waals surface area (Å²) >= 11 is 0. The monoisotopic (exact) mass is 178 g/mol. The summed E-state index contributed by atoms with van der Waals surface area (Å²) in [7, 11) is 1.56. The van der Waals surface area contributed by atoms with Crippen LogP contribution in [0.1, 0.15) is 11.6 Å². The molecule has 1 amide bonds. The Hall–Kier alpha value is -1.55. The smallest absolute Gasteiger partial charge is 0.246 e. The minimum atomic E-state index is -0.565. The van der Waals surface area contributed by atoms with Gasteiger partial charge < -0.3 is 15.8 Å². The third-order valence-electron chi connectivity index (χ3n) is 2.14. The topological polar surface area (TPSA) is 64.3 Å². The number of rotatable bonds is 1. The molecule has 0 fully saturated rings. The van der Waals surface area contributed by atoms with Crippen LogP contribution in [0, 0.1) is 0 Å². The van der Waals surface area contributed by atoms with Crippen LogP contribution in [0.4, 0.5) is 5.69 Å². The number of hydrogen-bond donors (Lipinski definition) is 2. The Morgan fingerprint density at radius 1 is 1.54 bits per heavy atom. The molecule has 1 aromatic carbocycles. The Morgan fingerprint density at radius 2 is 2.31 bits per heavy atom. The van der Waals surface area contributed by atoms with Crippen LogP contribution in [0.2, 0.25) is 0 Å². The number of fused-ring (bicyclic) bond motifs is 1. The van der Waals surface area contributed by atoms with E-state index in [-0.39, 0.29) is 5.91 Å². The lowest BCUT2D eigenvalue weighted by atomic mass is 10.1. The molecule has 1 heterocycles. The van der Waals surface area contributed by atoms with E-state index in [1.807, 2.05) is 12.1 Å². The largest absolute Gasteiger partial charge is 0.495 e. The molecular formula is C9H10N2O2. The van der Waals surface area contributed by atoms with Crippen LogP contribution in [0.3, 0.4) is 0 Å². The summed E-state index contributed by atoms with van der Waals surface area (Å²) in [6, 6.07) is 4.86. The van der Waals surface area contributed by atoms with Gasteiger partial charge in [-0.3, -0.25) is 4.79 Å². The second-order valence-corrected chi connectivity index (χ2v) is 2.89. The Balaban J connectivity index is 2.55. The van der Waals surface area contributed by atoms with Gasteiger partial charge in [0.2, 0.25) is 5.91 Å². The molecule has 0 radical (unpaired) electrons. The number of amides is 1. The molecule has 1 atom stereocenters. The fourth-order valence-electron chi connectivity index (χ4n) is 1.45. The normalized spacial score (nSPS) is 19.5. The second-order valence-electron chi connectivity index (χ2n) is 2.89. The van der Waals surface area contributed by atoms with Crippen molar-refractivity contribution in [3.63, 3.8) is 0 Å². The molecule has 0 spiro atoms. The third-order valence-corrected chi connectivity index (χ3v) is 2.14. The Labute approximate surface area is 75.7 Å². The van der Waals surface area contributed by atoms with Crippen LogP contribution in [0.25, 0.3) is 0 Å². The minimum Gasteiger partial charge on any atom is -0.495 e. The lowest BCUT2D eigenvalue weighted by Crippen LogP contribution is -2.19. The number of nitrogens with one attached hydrogen (secondary N) is 1. The predicted octanol–water partition coefficient (Wildman–Crippen LogP) is 0.647. The highest BCUT2D eigenvalue weighted by Crippen LogP contribution is 2.36. The summed E-state index contributed by atoms with van der Waals surface area (Å²) in [4.78, 5) is 11.2. The minimum absolute atomic E-state index is 0.181. The second kappa shape index (κ2) is 2.74. The number of hydrogen-bond acceptors (Lipinski definition) is 3. The maximum absolute atomic E-state index is 11.2. The van der Waals surface area contributed by atoms with E-state index in [0.29, 0.717) is 11.4 Å². The SMILES string of the molecule is COc1cccc2c1NC(=O)[C@H]2N. The van der Waals surface area contributed by atoms with Crippen molar-refractivity contribution < 1.29 is 9.53 Å². The molecule has 2 rings (SSSR count). The lowest BCUT2D eigenvalue weighted by molar-refractivity contribution is -0.116. The molecule has 13 heavy (non-hydrogen) atoms. The first-order valence-electron chi connectivity index (χ1n) is 3.97. The van der Waals surface area contributed by atoms with E-state index in [4.69, 9.17) is 10.5 Å². The van der Waals surface area contributed by atoms with Crippen molar-refractivity contribution in [3.8, 4) is 5.75 Å². The van der Waals surface area contributed by atoms with Crippen molar-refractivity contribution in [2.45, 2.75) is 6.04 Å². The molecule has 3 N–H and O–H groups in total. The summed E-state index contributed by atoms with van der Waals surface area (Å²) in [5, 5.41) is 2.68. The number of carbonyl (C=O) groups excluding carboxylic acids is 1. The molecule has 1 aliphatic heterocycles. The molecule has 4 heteroatoms. The van der Waals surface area contributed by atoms with Gasteiger partial charge >= 0.3 is 0 Å². The summed E-state index contributed by atoms with van der Waals surface area (Å²) < 4.78 is 5.08. The summed E-state index contributed by atoms with van der Waals surface area (Å²) in [6.45, 7) is 0. The zero-order valence-corrected chi connectivity index (χ0v) is 7.20. The van der Waals surface area contributed by atoms with Crippen molar-refractivity contribution in [2.75, 3.05) is 12.4 Å². The number of anilines is 1. The average molecular weight is 178 g/mol. The summed E-state index contributed by atoms with van der Waals surface area (Å²) in [5.41, 5.74) is 7.14. The van der Waals surface area contributed by atoms with Crippen molar-refractivity contribution in [1.29, 1.82) is 0 Å². The molecule has 0 saturated heterocycles. The average Bonchev–Trinajstić information content (AvgIpc) is 2.43. The van der Waals surface area contributed by atoms with Crippen LogP contribution in [-0.4, -0.2) is 13.0 Å². The molecule has 0 saturated carbocycles. The van der Waals surface area contributed by atoms with Gasteiger partial charge in [0.1, 0.15) is 11.8 Å². The Bertz CT molecular complexity index is 363. The maximum atomic E-state index is 11.2. The van der Waals surface area contributed by atoms with E-state index in [9.17, 15) is 4.79 Å². The van der Waals surface area contributed by atoms with Crippen molar-refractivity contribution in [2.24, 2.45) is 5.73 Å². The number of benzene rings is 1. The molecule has 4 nitrogen and oxygen atoms in total. The van der Waals surface area contributed by atoms with Crippen LogP contribution in [0.5, 0.6) is 5.75 Å². The number of methoxy groups -OCH3 is 1. The standard InChI is InChI=1S/C9H10N2O2/c1-13-6-4-2-3-5-7(10)9(12)11-8(5)6/h2-4,7H,10H2,1H3,(H,11,12)/t7-/m0/s1. The Kier molecular flexibility index (Phi) is 1.70. The van der Waals surface area contributed by atoms with Gasteiger partial charge in [0.05, 0.1) is 12.8 Å². The van der Waals surface area contributed by atoms with Gasteiger partial charge in [-0.2, -0.15) is 0 Å². The zero-order valence-electron chi connectivity index (χ0n) is 7.20. The number of carbonyl (C=O) groups is 1. The fraction of sp³-hybridized carbons (Fsp3) is 0.222. The first-order chi connectivity index (χ1) is 6.24. The Morgan fingerprint density at radius 3 is 3.00 bits per heavy atom. The molecular weight excluding hydrogens is 168 g/mol. The molecule has 0 bridgehead atoms. The van der Waals surface area contributed by atoms with E-state index >= 15 is 0 Å². The quantitative estimate of drug-likeness (QED) is 0.663. The summed E-state index contributed by atoms with van der Waals surface area (Å²) in [6.07, 6.45) is 0. The highest BCUT2D eigenvalue weighted by atomic mass is 16.5. The van der Waals surface area contributed by atoms with Gasteiger partial charge in [-0.15, -0.1) is 0 Å². The number of nitrogens with two attached hydrogens (primary N) is 1. The van der Waals surface area contributed by atoms with Crippen LogP contribution >= 0.6 is 0 Å². The predicted molar refractivity (Wildman–Crippen MR) is 48.6 cm³/mol. The van der Waals surface area contributed by atoms with Gasteiger partial charge in [0.25, 0.3) is 0 Å². The van der Waals surface area contributed by atoms with Crippen LogP contribution in [0.15, 0.2) is 18.2 Å². The van der Waals surface area contributed by atoms with Crippen LogP contribution < -0.4 is 15.8 Å². The van der Waals surface area contributed by atoms with E-state index in [0.717, 1.165) is 5.56 Å². The fourth-order valence-corrected chi connectivity index (χ4v) is 1.45. The molecule has 0 aliphatic carbocycles. The molecule has 0 aromatic heterocycles. The zero-order chi connectivity index (χ0) is 9.42. The maximum Gasteiger partial charge on any atom is 0.246 e. The number of para-hydroxylation sites is 1. The van der Waals surface area contributed by atoms with Crippen molar-refractivity contribution in [3.05, 3.63) is 23.8 Å². The summed E-state index contributed by atoms with van der Waals surface area (Å²) in [5.74, 6) is 0.471. The molecule has 1 aliphatic rings. The number of ether oxygens (including phenoxy) is 1. The van der Waals surface area contributed by atoms with Crippen molar-refractivity contribution in [1.82, 2.24) is 0 Å². The van der Waals surface area contributed by atoms with Crippen LogP contribution in [-0.2, 0) is 4.79 Å². The van der Waals surface area contributed by atoms with Gasteiger partial charge in [-0.25, -0.2) is 0 Å².